The van der Waals surface area contributed by atoms with Gasteiger partial charge >= 0.3 is 5.97 Å². The third-order valence-electron chi connectivity index (χ3n) is 2.43. The molecule has 0 aliphatic rings. The quantitative estimate of drug-likeness (QED) is 0.762. The lowest BCUT2D eigenvalue weighted by molar-refractivity contribution is -0.134. The molecule has 0 radical (unpaired) electrons. The Morgan fingerprint density at radius 3 is 2.94 bits per heavy atom. The standard InChI is InChI=1S/C13H14O4/c1-3-4-13(14)17-12-8-16-11-7-9(15-2)5-6-10(11)12/h5-8H,3-4H2,1-2H3. The van der Waals surface area contributed by atoms with E-state index >= 15 is 0 Å². The van der Waals surface area contributed by atoms with Gasteiger partial charge in [-0.1, -0.05) is 6.92 Å². The van der Waals surface area contributed by atoms with E-state index in [0.29, 0.717) is 23.5 Å². The van der Waals surface area contributed by atoms with Crippen molar-refractivity contribution in [3.63, 3.8) is 0 Å². The molecule has 0 aliphatic heterocycles. The zero-order valence-corrected chi connectivity index (χ0v) is 9.86. The minimum atomic E-state index is -0.244. The van der Waals surface area contributed by atoms with Crippen LogP contribution >= 0.6 is 0 Å². The first-order chi connectivity index (χ1) is 8.24. The minimum Gasteiger partial charge on any atom is -0.497 e. The summed E-state index contributed by atoms with van der Waals surface area (Å²) in [6, 6.07) is 5.37. The number of carbonyl (C=O) groups excluding carboxylic acids is 1. The molecule has 0 amide bonds. The molecule has 0 saturated carbocycles. The SMILES string of the molecule is CCCC(=O)Oc1coc2cc(OC)ccc12. The van der Waals surface area contributed by atoms with Crippen molar-refractivity contribution in [3.05, 3.63) is 24.5 Å². The van der Waals surface area contributed by atoms with Crippen molar-refractivity contribution in [2.24, 2.45) is 0 Å². The molecular formula is C13H14O4. The highest BCUT2D eigenvalue weighted by atomic mass is 16.5. The van der Waals surface area contributed by atoms with Crippen molar-refractivity contribution in [2.75, 3.05) is 7.11 Å². The van der Waals surface area contributed by atoms with E-state index in [1.807, 2.05) is 13.0 Å². The number of hydrogen-bond donors (Lipinski definition) is 0. The van der Waals surface area contributed by atoms with E-state index in [9.17, 15) is 4.79 Å². The summed E-state index contributed by atoms with van der Waals surface area (Å²) >= 11 is 0. The van der Waals surface area contributed by atoms with Crippen LogP contribution in [0, 0.1) is 0 Å². The maximum Gasteiger partial charge on any atom is 0.311 e. The largest absolute Gasteiger partial charge is 0.497 e. The van der Waals surface area contributed by atoms with Crippen LogP contribution in [0.4, 0.5) is 0 Å². The summed E-state index contributed by atoms with van der Waals surface area (Å²) < 4.78 is 15.6. The highest BCUT2D eigenvalue weighted by Gasteiger charge is 2.11. The predicted octanol–water partition coefficient (Wildman–Crippen LogP) is 3.15. The maximum absolute atomic E-state index is 11.4. The van der Waals surface area contributed by atoms with E-state index in [-0.39, 0.29) is 5.97 Å². The lowest BCUT2D eigenvalue weighted by Crippen LogP contribution is -2.06. The van der Waals surface area contributed by atoms with Gasteiger partial charge in [0.2, 0.25) is 0 Å². The van der Waals surface area contributed by atoms with E-state index < -0.39 is 0 Å². The van der Waals surface area contributed by atoms with Gasteiger partial charge in [0.05, 0.1) is 12.5 Å². The molecule has 1 heterocycles. The van der Waals surface area contributed by atoms with Gasteiger partial charge in [0.25, 0.3) is 0 Å². The van der Waals surface area contributed by atoms with E-state index in [0.717, 1.165) is 11.8 Å². The molecule has 0 fully saturated rings. The van der Waals surface area contributed by atoms with Crippen molar-refractivity contribution in [1.82, 2.24) is 0 Å². The van der Waals surface area contributed by atoms with Crippen molar-refractivity contribution < 1.29 is 18.7 Å². The summed E-state index contributed by atoms with van der Waals surface area (Å²) in [6.45, 7) is 1.93. The third kappa shape index (κ3) is 2.41. The van der Waals surface area contributed by atoms with E-state index in [1.165, 1.54) is 6.26 Å². The molecule has 0 atom stereocenters. The second-order valence-corrected chi connectivity index (χ2v) is 3.69. The molecule has 2 rings (SSSR count). The minimum absolute atomic E-state index is 0.244. The number of hydrogen-bond acceptors (Lipinski definition) is 4. The van der Waals surface area contributed by atoms with Crippen LogP contribution in [0.15, 0.2) is 28.9 Å². The molecule has 0 spiro atoms. The Hall–Kier alpha value is -1.97. The number of rotatable bonds is 4. The van der Waals surface area contributed by atoms with Crippen LogP contribution in [0.2, 0.25) is 0 Å². The fourth-order valence-corrected chi connectivity index (χ4v) is 1.57. The molecule has 0 bridgehead atoms. The second kappa shape index (κ2) is 4.91. The van der Waals surface area contributed by atoms with Gasteiger partial charge in [-0.25, -0.2) is 0 Å². The van der Waals surface area contributed by atoms with E-state index in [1.54, 1.807) is 19.2 Å². The van der Waals surface area contributed by atoms with Crippen LogP contribution in [0.5, 0.6) is 11.5 Å². The average molecular weight is 234 g/mol. The first kappa shape index (κ1) is 11.5. The Balaban J connectivity index is 2.27. The van der Waals surface area contributed by atoms with Crippen LogP contribution < -0.4 is 9.47 Å². The van der Waals surface area contributed by atoms with Gasteiger partial charge < -0.3 is 13.9 Å². The second-order valence-electron chi connectivity index (χ2n) is 3.69. The van der Waals surface area contributed by atoms with Crippen molar-refractivity contribution in [3.8, 4) is 11.5 Å². The Bertz CT molecular complexity index is 527. The smallest absolute Gasteiger partial charge is 0.311 e. The highest BCUT2D eigenvalue weighted by Crippen LogP contribution is 2.30. The summed E-state index contributed by atoms with van der Waals surface area (Å²) in [5, 5.41) is 0.773. The molecule has 0 N–H and O–H groups in total. The molecule has 0 saturated heterocycles. The van der Waals surface area contributed by atoms with E-state index in [4.69, 9.17) is 13.9 Å². The number of fused-ring (bicyclic) bond motifs is 1. The lowest BCUT2D eigenvalue weighted by atomic mass is 10.2. The van der Waals surface area contributed by atoms with Crippen molar-refractivity contribution >= 4 is 16.9 Å². The van der Waals surface area contributed by atoms with Crippen molar-refractivity contribution in [1.29, 1.82) is 0 Å². The van der Waals surface area contributed by atoms with Crippen LogP contribution in [-0.4, -0.2) is 13.1 Å². The predicted molar refractivity (Wildman–Crippen MR) is 63.3 cm³/mol. The summed E-state index contributed by atoms with van der Waals surface area (Å²) in [6.07, 6.45) is 2.61. The number of benzene rings is 1. The number of esters is 1. The molecule has 1 aromatic heterocycles. The van der Waals surface area contributed by atoms with Gasteiger partial charge in [-0.15, -0.1) is 0 Å². The normalized spacial score (nSPS) is 10.5. The maximum atomic E-state index is 11.4. The Morgan fingerprint density at radius 1 is 1.41 bits per heavy atom. The van der Waals surface area contributed by atoms with Gasteiger partial charge in [0.1, 0.15) is 17.6 Å². The molecule has 0 aliphatic carbocycles. The first-order valence-corrected chi connectivity index (χ1v) is 5.50. The number of ether oxygens (including phenoxy) is 2. The molecule has 1 aromatic carbocycles. The van der Waals surface area contributed by atoms with E-state index in [2.05, 4.69) is 0 Å². The monoisotopic (exact) mass is 234 g/mol. The number of methoxy groups -OCH3 is 1. The van der Waals surface area contributed by atoms with Crippen LogP contribution in [0.1, 0.15) is 19.8 Å². The molecule has 2 aromatic rings. The molecule has 4 nitrogen and oxygen atoms in total. The molecular weight excluding hydrogens is 220 g/mol. The fourth-order valence-electron chi connectivity index (χ4n) is 1.57. The zero-order valence-electron chi connectivity index (χ0n) is 9.86. The summed E-state index contributed by atoms with van der Waals surface area (Å²) in [5.74, 6) is 0.922. The lowest BCUT2D eigenvalue weighted by Gasteiger charge is -2.01. The summed E-state index contributed by atoms with van der Waals surface area (Å²) in [7, 11) is 1.59. The fraction of sp³-hybridized carbons (Fsp3) is 0.308. The molecule has 0 unspecified atom stereocenters. The third-order valence-corrected chi connectivity index (χ3v) is 2.43. The highest BCUT2D eigenvalue weighted by molar-refractivity contribution is 5.87. The van der Waals surface area contributed by atoms with Crippen LogP contribution in [-0.2, 0) is 4.79 Å². The number of furan rings is 1. The Morgan fingerprint density at radius 2 is 2.24 bits per heavy atom. The van der Waals surface area contributed by atoms with Gasteiger partial charge in [-0.3, -0.25) is 4.79 Å². The van der Waals surface area contributed by atoms with Crippen LogP contribution in [0.25, 0.3) is 11.0 Å². The van der Waals surface area contributed by atoms with Gasteiger partial charge in [0, 0.05) is 12.5 Å². The van der Waals surface area contributed by atoms with Gasteiger partial charge in [-0.05, 0) is 18.6 Å². The first-order valence-electron chi connectivity index (χ1n) is 5.50. The van der Waals surface area contributed by atoms with Gasteiger partial charge in [-0.2, -0.15) is 0 Å². The topological polar surface area (TPSA) is 48.7 Å². The molecule has 90 valence electrons. The molecule has 17 heavy (non-hydrogen) atoms. The summed E-state index contributed by atoms with van der Waals surface area (Å²) in [4.78, 5) is 11.4. The zero-order chi connectivity index (χ0) is 12.3. The molecule has 4 heteroatoms. The van der Waals surface area contributed by atoms with Gasteiger partial charge in [0.15, 0.2) is 5.75 Å². The summed E-state index contributed by atoms with van der Waals surface area (Å²) in [5.41, 5.74) is 0.642. The van der Waals surface area contributed by atoms with Crippen molar-refractivity contribution in [2.45, 2.75) is 19.8 Å². The van der Waals surface area contributed by atoms with Crippen LogP contribution in [0.3, 0.4) is 0 Å². The number of carbonyl (C=O) groups is 1. The Labute approximate surface area is 99.1 Å². The average Bonchev–Trinajstić information content (AvgIpc) is 2.72. The Kier molecular flexibility index (Phi) is 3.32.